The number of ether oxygens (including phenoxy) is 1. The number of hydrogen-bond acceptors (Lipinski definition) is 4. The summed E-state index contributed by atoms with van der Waals surface area (Å²) in [7, 11) is 0. The van der Waals surface area contributed by atoms with Gasteiger partial charge in [0.25, 0.3) is 0 Å². The van der Waals surface area contributed by atoms with Crippen LogP contribution in [0.2, 0.25) is 0 Å². The van der Waals surface area contributed by atoms with E-state index >= 15 is 0 Å². The number of hydrogen-bond donors (Lipinski definition) is 0. The van der Waals surface area contributed by atoms with Crippen molar-refractivity contribution in [2.75, 3.05) is 6.54 Å². The van der Waals surface area contributed by atoms with Crippen molar-refractivity contribution in [3.05, 3.63) is 60.1 Å². The minimum absolute atomic E-state index is 0.0226. The van der Waals surface area contributed by atoms with Crippen molar-refractivity contribution in [2.24, 2.45) is 0 Å². The Morgan fingerprint density at radius 1 is 1.17 bits per heavy atom. The number of amides is 1. The van der Waals surface area contributed by atoms with Gasteiger partial charge in [0.2, 0.25) is 5.91 Å². The molecular weight excluding hydrogens is 306 g/mol. The van der Waals surface area contributed by atoms with E-state index in [9.17, 15) is 9.59 Å². The number of carbonyl (C=O) groups is 2. The van der Waals surface area contributed by atoms with Crippen LogP contribution in [0.25, 0.3) is 0 Å². The lowest BCUT2D eigenvalue weighted by atomic mass is 10.2. The summed E-state index contributed by atoms with van der Waals surface area (Å²) in [6.07, 6.45) is 3.99. The molecule has 2 aromatic rings. The Kier molecular flexibility index (Phi) is 5.31. The van der Waals surface area contributed by atoms with E-state index in [-0.39, 0.29) is 18.5 Å². The number of rotatable bonds is 6. The highest BCUT2D eigenvalue weighted by Crippen LogP contribution is 2.21. The summed E-state index contributed by atoms with van der Waals surface area (Å²) in [6, 6.07) is 12.7. The fraction of sp³-hybridized carbons (Fsp3) is 0.368. The van der Waals surface area contributed by atoms with Gasteiger partial charge in [-0.05, 0) is 30.5 Å². The molecule has 1 saturated heterocycles. The van der Waals surface area contributed by atoms with Gasteiger partial charge in [-0.2, -0.15) is 0 Å². The monoisotopic (exact) mass is 327 g/mol. The summed E-state index contributed by atoms with van der Waals surface area (Å²) < 4.78 is 10.6. The van der Waals surface area contributed by atoms with Crippen molar-refractivity contribution >= 4 is 11.9 Å². The first-order valence-electron chi connectivity index (χ1n) is 8.26. The molecule has 1 atom stereocenters. The number of aryl methyl sites for hydroxylation is 1. The fourth-order valence-electron chi connectivity index (χ4n) is 2.96. The highest BCUT2D eigenvalue weighted by Gasteiger charge is 2.34. The molecule has 0 bridgehead atoms. The number of furan rings is 1. The van der Waals surface area contributed by atoms with Crippen LogP contribution in [0, 0.1) is 0 Å². The Bertz CT molecular complexity index is 666. The molecule has 1 aromatic heterocycles. The van der Waals surface area contributed by atoms with E-state index in [1.165, 1.54) is 0 Å². The third kappa shape index (κ3) is 4.04. The van der Waals surface area contributed by atoms with Gasteiger partial charge in [0.15, 0.2) is 0 Å². The van der Waals surface area contributed by atoms with E-state index < -0.39 is 6.04 Å². The zero-order chi connectivity index (χ0) is 16.8. The Labute approximate surface area is 141 Å². The highest BCUT2D eigenvalue weighted by atomic mass is 16.5. The maximum atomic E-state index is 12.4. The Morgan fingerprint density at radius 2 is 2.00 bits per heavy atom. The molecule has 1 aliphatic rings. The van der Waals surface area contributed by atoms with Crippen LogP contribution in [-0.2, 0) is 27.4 Å². The van der Waals surface area contributed by atoms with E-state index in [1.54, 1.807) is 17.2 Å². The average molecular weight is 327 g/mol. The molecule has 1 amide bonds. The molecule has 2 heterocycles. The van der Waals surface area contributed by atoms with E-state index in [4.69, 9.17) is 9.15 Å². The lowest BCUT2D eigenvalue weighted by Gasteiger charge is -2.23. The minimum atomic E-state index is -0.460. The predicted molar refractivity (Wildman–Crippen MR) is 88.0 cm³/mol. The first-order chi connectivity index (χ1) is 11.7. The summed E-state index contributed by atoms with van der Waals surface area (Å²) in [5.74, 6) is 0.444. The van der Waals surface area contributed by atoms with Crippen molar-refractivity contribution in [3.63, 3.8) is 0 Å². The molecule has 3 rings (SSSR count). The van der Waals surface area contributed by atoms with Crippen LogP contribution in [0.4, 0.5) is 0 Å². The second-order valence-electron chi connectivity index (χ2n) is 5.92. The smallest absolute Gasteiger partial charge is 0.329 e. The van der Waals surface area contributed by atoms with Gasteiger partial charge in [0.05, 0.1) is 6.26 Å². The van der Waals surface area contributed by atoms with E-state index in [0.29, 0.717) is 25.8 Å². The molecule has 1 aliphatic heterocycles. The maximum absolute atomic E-state index is 12.4. The second kappa shape index (κ2) is 7.81. The maximum Gasteiger partial charge on any atom is 0.329 e. The molecule has 1 aromatic carbocycles. The largest absolute Gasteiger partial charge is 0.469 e. The third-order valence-corrected chi connectivity index (χ3v) is 4.23. The van der Waals surface area contributed by atoms with Crippen LogP contribution >= 0.6 is 0 Å². The van der Waals surface area contributed by atoms with Gasteiger partial charge in [-0.25, -0.2) is 4.79 Å². The molecule has 0 N–H and O–H groups in total. The predicted octanol–water partition coefficient (Wildman–Crippen LogP) is 2.95. The van der Waals surface area contributed by atoms with Crippen molar-refractivity contribution in [1.82, 2.24) is 4.90 Å². The van der Waals surface area contributed by atoms with Crippen LogP contribution in [0.1, 0.15) is 30.6 Å². The van der Waals surface area contributed by atoms with Gasteiger partial charge in [0.1, 0.15) is 18.4 Å². The lowest BCUT2D eigenvalue weighted by molar-refractivity contribution is -0.154. The summed E-state index contributed by atoms with van der Waals surface area (Å²) in [5, 5.41) is 0. The quantitative estimate of drug-likeness (QED) is 0.765. The summed E-state index contributed by atoms with van der Waals surface area (Å²) >= 11 is 0. The molecule has 0 spiro atoms. The van der Waals surface area contributed by atoms with Crippen LogP contribution in [0.3, 0.4) is 0 Å². The Hall–Kier alpha value is -2.56. The van der Waals surface area contributed by atoms with Gasteiger partial charge in [0, 0.05) is 19.4 Å². The van der Waals surface area contributed by atoms with Gasteiger partial charge in [-0.3, -0.25) is 4.79 Å². The number of nitrogens with zero attached hydrogens (tertiary/aromatic N) is 1. The summed E-state index contributed by atoms with van der Waals surface area (Å²) in [6.45, 7) is 0.854. The van der Waals surface area contributed by atoms with Crippen molar-refractivity contribution < 1.29 is 18.7 Å². The molecule has 0 saturated carbocycles. The standard InChI is InChI=1S/C19H21NO4/c21-18(11-10-16-8-5-13-23-16)20-12-4-9-17(20)19(22)24-14-15-6-2-1-3-7-15/h1-3,5-8,13,17H,4,9-12,14H2/t17-/m0/s1. The molecule has 0 unspecified atom stereocenters. The van der Waals surface area contributed by atoms with Crippen molar-refractivity contribution in [1.29, 1.82) is 0 Å². The average Bonchev–Trinajstić information content (AvgIpc) is 3.30. The molecule has 5 nitrogen and oxygen atoms in total. The molecule has 24 heavy (non-hydrogen) atoms. The molecule has 5 heteroatoms. The van der Waals surface area contributed by atoms with E-state index in [1.807, 2.05) is 36.4 Å². The first kappa shape index (κ1) is 16.3. The zero-order valence-electron chi connectivity index (χ0n) is 13.5. The molecule has 1 fully saturated rings. The van der Waals surface area contributed by atoms with Gasteiger partial charge < -0.3 is 14.1 Å². The number of carbonyl (C=O) groups excluding carboxylic acids is 2. The third-order valence-electron chi connectivity index (χ3n) is 4.23. The topological polar surface area (TPSA) is 59.8 Å². The van der Waals surface area contributed by atoms with Crippen LogP contribution < -0.4 is 0 Å². The Morgan fingerprint density at radius 3 is 2.75 bits per heavy atom. The van der Waals surface area contributed by atoms with Crippen LogP contribution in [-0.4, -0.2) is 29.4 Å². The van der Waals surface area contributed by atoms with Gasteiger partial charge >= 0.3 is 5.97 Å². The van der Waals surface area contributed by atoms with E-state index in [0.717, 1.165) is 17.7 Å². The minimum Gasteiger partial charge on any atom is -0.469 e. The number of esters is 1. The fourth-order valence-corrected chi connectivity index (χ4v) is 2.96. The normalized spacial score (nSPS) is 17.0. The SMILES string of the molecule is O=C(OCc1ccccc1)[C@@H]1CCCN1C(=O)CCc1ccco1. The second-order valence-corrected chi connectivity index (χ2v) is 5.92. The highest BCUT2D eigenvalue weighted by molar-refractivity contribution is 5.85. The van der Waals surface area contributed by atoms with Gasteiger partial charge in [-0.15, -0.1) is 0 Å². The number of benzene rings is 1. The van der Waals surface area contributed by atoms with Crippen molar-refractivity contribution in [2.45, 2.75) is 38.3 Å². The molecule has 126 valence electrons. The summed E-state index contributed by atoms with van der Waals surface area (Å²) in [5.41, 5.74) is 0.944. The summed E-state index contributed by atoms with van der Waals surface area (Å²) in [4.78, 5) is 26.4. The lowest BCUT2D eigenvalue weighted by Crippen LogP contribution is -2.41. The molecule has 0 radical (unpaired) electrons. The first-order valence-corrected chi connectivity index (χ1v) is 8.26. The van der Waals surface area contributed by atoms with Crippen molar-refractivity contribution in [3.8, 4) is 0 Å². The van der Waals surface area contributed by atoms with Gasteiger partial charge in [-0.1, -0.05) is 30.3 Å². The van der Waals surface area contributed by atoms with Crippen LogP contribution in [0.5, 0.6) is 0 Å². The molecular formula is C19H21NO4. The van der Waals surface area contributed by atoms with Crippen LogP contribution in [0.15, 0.2) is 53.1 Å². The molecule has 0 aliphatic carbocycles. The van der Waals surface area contributed by atoms with E-state index in [2.05, 4.69) is 0 Å². The zero-order valence-corrected chi connectivity index (χ0v) is 13.5. The Balaban J connectivity index is 1.52. The number of likely N-dealkylation sites (tertiary alicyclic amines) is 1.